The van der Waals surface area contributed by atoms with Crippen LogP contribution in [0.2, 0.25) is 0 Å². The summed E-state index contributed by atoms with van der Waals surface area (Å²) in [6.07, 6.45) is 0.612. The molecule has 0 atom stereocenters. The molecule has 0 spiro atoms. The maximum Gasteiger partial charge on any atom is 0.153 e. The Morgan fingerprint density at radius 3 is 2.00 bits per heavy atom. The summed E-state index contributed by atoms with van der Waals surface area (Å²) in [4.78, 5) is 11.7. The monoisotopic (exact) mass is 424 g/mol. The van der Waals surface area contributed by atoms with E-state index in [-0.39, 0.29) is 16.9 Å². The van der Waals surface area contributed by atoms with E-state index in [1.807, 2.05) is 54.6 Å². The minimum Gasteiger partial charge on any atom is -0.507 e. The number of benzene rings is 5. The van der Waals surface area contributed by atoms with Gasteiger partial charge in [-0.15, -0.1) is 0 Å². The summed E-state index contributed by atoms with van der Waals surface area (Å²) in [7, 11) is 0. The fourth-order valence-corrected chi connectivity index (χ4v) is 4.28. The van der Waals surface area contributed by atoms with Crippen LogP contribution in [0.1, 0.15) is 15.9 Å². The predicted molar refractivity (Wildman–Crippen MR) is 124 cm³/mol. The van der Waals surface area contributed by atoms with Crippen molar-refractivity contribution in [2.75, 3.05) is 0 Å². The minimum absolute atomic E-state index is 0.0488. The van der Waals surface area contributed by atoms with Crippen LogP contribution in [-0.2, 0) is 0 Å². The lowest BCUT2D eigenvalue weighted by Gasteiger charge is -2.18. The van der Waals surface area contributed by atoms with Gasteiger partial charge in [-0.2, -0.15) is 0 Å². The van der Waals surface area contributed by atoms with Crippen molar-refractivity contribution < 1.29 is 18.7 Å². The number of halogens is 2. The molecule has 5 rings (SSSR count). The molecule has 0 radical (unpaired) electrons. The summed E-state index contributed by atoms with van der Waals surface area (Å²) >= 11 is 0. The van der Waals surface area contributed by atoms with Crippen LogP contribution >= 0.6 is 0 Å². The lowest BCUT2D eigenvalue weighted by atomic mass is 9.85. The number of carbonyl (C=O) groups excluding carboxylic acids is 1. The molecule has 0 bridgehead atoms. The molecule has 0 unspecified atom stereocenters. The fourth-order valence-electron chi connectivity index (χ4n) is 4.28. The number of phenolic OH excluding ortho intramolecular Hbond substituents is 1. The normalized spacial score (nSPS) is 11.2. The van der Waals surface area contributed by atoms with Crippen LogP contribution in [0, 0.1) is 18.6 Å². The smallest absolute Gasteiger partial charge is 0.153 e. The van der Waals surface area contributed by atoms with Crippen molar-refractivity contribution in [3.63, 3.8) is 0 Å². The van der Waals surface area contributed by atoms with Crippen LogP contribution in [0.5, 0.6) is 5.75 Å². The minimum atomic E-state index is -0.644. The van der Waals surface area contributed by atoms with Gasteiger partial charge < -0.3 is 5.11 Å². The highest BCUT2D eigenvalue weighted by Crippen LogP contribution is 2.46. The van der Waals surface area contributed by atoms with Gasteiger partial charge in [0, 0.05) is 16.7 Å². The van der Waals surface area contributed by atoms with E-state index >= 15 is 0 Å². The first-order chi connectivity index (χ1) is 15.5. The van der Waals surface area contributed by atoms with Crippen molar-refractivity contribution in [1.82, 2.24) is 0 Å². The number of hydrogen-bond donors (Lipinski definition) is 1. The molecule has 32 heavy (non-hydrogen) atoms. The van der Waals surface area contributed by atoms with E-state index in [1.54, 1.807) is 12.1 Å². The molecular weight excluding hydrogens is 406 g/mol. The molecule has 0 amide bonds. The number of fused-ring (bicyclic) bond motifs is 2. The van der Waals surface area contributed by atoms with Crippen molar-refractivity contribution >= 4 is 27.8 Å². The Balaban J connectivity index is 1.99. The first kappa shape index (κ1) is 19.9. The standard InChI is InChI=1S/C28H18F2O2/c1-16-24(29)13-19(14-25(16)30)23-11-10-17-6-2-4-8-21(17)26(23)27-22-9-5-3-7-18(22)12-20(15-31)28(27)32/h2-15,32H,1H3. The number of aldehydes is 1. The molecule has 0 fully saturated rings. The van der Waals surface area contributed by atoms with Crippen molar-refractivity contribution in [2.45, 2.75) is 6.92 Å². The lowest BCUT2D eigenvalue weighted by Crippen LogP contribution is -1.95. The van der Waals surface area contributed by atoms with Gasteiger partial charge in [0.15, 0.2) is 6.29 Å². The largest absolute Gasteiger partial charge is 0.507 e. The molecule has 0 aliphatic rings. The van der Waals surface area contributed by atoms with Crippen LogP contribution in [0.15, 0.2) is 78.9 Å². The summed E-state index contributed by atoms with van der Waals surface area (Å²) in [5, 5.41) is 14.4. The lowest BCUT2D eigenvalue weighted by molar-refractivity contribution is 0.112. The summed E-state index contributed by atoms with van der Waals surface area (Å²) in [6.45, 7) is 1.39. The SMILES string of the molecule is Cc1c(F)cc(-c2ccc3ccccc3c2-c2c(O)c(C=O)cc3ccccc23)cc1F. The summed E-state index contributed by atoms with van der Waals surface area (Å²) in [5.41, 5.74) is 2.09. The Morgan fingerprint density at radius 1 is 0.750 bits per heavy atom. The van der Waals surface area contributed by atoms with E-state index in [0.717, 1.165) is 21.5 Å². The topological polar surface area (TPSA) is 37.3 Å². The van der Waals surface area contributed by atoms with Crippen molar-refractivity contribution in [3.05, 3.63) is 102 Å². The summed E-state index contributed by atoms with van der Waals surface area (Å²) in [5.74, 6) is -1.45. The second kappa shape index (κ2) is 7.57. The molecule has 156 valence electrons. The number of phenols is 1. The highest BCUT2D eigenvalue weighted by molar-refractivity contribution is 6.14. The van der Waals surface area contributed by atoms with E-state index in [4.69, 9.17) is 0 Å². The van der Waals surface area contributed by atoms with Crippen molar-refractivity contribution in [3.8, 4) is 28.0 Å². The van der Waals surface area contributed by atoms with Crippen molar-refractivity contribution in [2.24, 2.45) is 0 Å². The Kier molecular flexibility index (Phi) is 4.71. The molecule has 0 heterocycles. The van der Waals surface area contributed by atoms with E-state index in [0.29, 0.717) is 28.5 Å². The van der Waals surface area contributed by atoms with Crippen LogP contribution in [0.25, 0.3) is 43.8 Å². The molecule has 0 saturated heterocycles. The Hall–Kier alpha value is -4.05. The highest BCUT2D eigenvalue weighted by atomic mass is 19.1. The molecule has 5 aromatic rings. The molecule has 0 aliphatic heterocycles. The number of rotatable bonds is 3. The van der Waals surface area contributed by atoms with Crippen molar-refractivity contribution in [1.29, 1.82) is 0 Å². The zero-order valence-electron chi connectivity index (χ0n) is 17.2. The molecule has 0 saturated carbocycles. The van der Waals surface area contributed by atoms with Crippen LogP contribution in [0.4, 0.5) is 8.78 Å². The van der Waals surface area contributed by atoms with Crippen LogP contribution < -0.4 is 0 Å². The zero-order valence-corrected chi connectivity index (χ0v) is 17.2. The van der Waals surface area contributed by atoms with Gasteiger partial charge in [-0.3, -0.25) is 4.79 Å². The van der Waals surface area contributed by atoms with Crippen LogP contribution in [-0.4, -0.2) is 11.4 Å². The molecule has 1 N–H and O–H groups in total. The Morgan fingerprint density at radius 2 is 1.34 bits per heavy atom. The number of aromatic hydroxyl groups is 1. The fraction of sp³-hybridized carbons (Fsp3) is 0.0357. The van der Waals surface area contributed by atoms with E-state index < -0.39 is 11.6 Å². The average molecular weight is 424 g/mol. The van der Waals surface area contributed by atoms with Gasteiger partial charge in [0.05, 0.1) is 5.56 Å². The highest BCUT2D eigenvalue weighted by Gasteiger charge is 2.21. The van der Waals surface area contributed by atoms with Crippen LogP contribution in [0.3, 0.4) is 0 Å². The molecule has 4 heteroatoms. The van der Waals surface area contributed by atoms with Gasteiger partial charge in [0.25, 0.3) is 0 Å². The predicted octanol–water partition coefficient (Wildman–Crippen LogP) is 7.43. The van der Waals surface area contributed by atoms with E-state index in [2.05, 4.69) is 0 Å². The molecule has 5 aromatic carbocycles. The average Bonchev–Trinajstić information content (AvgIpc) is 2.81. The second-order valence-electron chi connectivity index (χ2n) is 7.80. The molecular formula is C28H18F2O2. The van der Waals surface area contributed by atoms with Gasteiger partial charge >= 0.3 is 0 Å². The van der Waals surface area contributed by atoms with E-state index in [1.165, 1.54) is 19.1 Å². The van der Waals surface area contributed by atoms with Gasteiger partial charge in [-0.1, -0.05) is 60.7 Å². The first-order valence-corrected chi connectivity index (χ1v) is 10.2. The summed E-state index contributed by atoms with van der Waals surface area (Å²) < 4.78 is 29.0. The number of carbonyl (C=O) groups is 1. The number of hydrogen-bond acceptors (Lipinski definition) is 2. The molecule has 2 nitrogen and oxygen atoms in total. The molecule has 0 aliphatic carbocycles. The molecule has 0 aromatic heterocycles. The van der Waals surface area contributed by atoms with E-state index in [9.17, 15) is 18.7 Å². The van der Waals surface area contributed by atoms with Gasteiger partial charge in [-0.25, -0.2) is 8.78 Å². The summed E-state index contributed by atoms with van der Waals surface area (Å²) in [6, 6.07) is 22.9. The van der Waals surface area contributed by atoms with Gasteiger partial charge in [0.2, 0.25) is 0 Å². The third-order valence-corrected chi connectivity index (χ3v) is 5.95. The Bertz CT molecular complexity index is 1510. The van der Waals surface area contributed by atoms with Gasteiger partial charge in [-0.05, 0) is 57.8 Å². The second-order valence-corrected chi connectivity index (χ2v) is 7.80. The third kappa shape index (κ3) is 3.04. The quantitative estimate of drug-likeness (QED) is 0.306. The Labute approximate surface area is 183 Å². The van der Waals surface area contributed by atoms with Gasteiger partial charge in [0.1, 0.15) is 17.4 Å². The maximum atomic E-state index is 14.5. The maximum absolute atomic E-state index is 14.5. The third-order valence-electron chi connectivity index (χ3n) is 5.95. The zero-order chi connectivity index (χ0) is 22.4. The first-order valence-electron chi connectivity index (χ1n) is 10.2.